The van der Waals surface area contributed by atoms with Crippen molar-refractivity contribution in [3.63, 3.8) is 0 Å². The van der Waals surface area contributed by atoms with Gasteiger partial charge >= 0.3 is 0 Å². The summed E-state index contributed by atoms with van der Waals surface area (Å²) in [6.45, 7) is 3.05. The zero-order valence-electron chi connectivity index (χ0n) is 12.4. The van der Waals surface area contributed by atoms with Crippen molar-refractivity contribution in [2.24, 2.45) is 0 Å². The van der Waals surface area contributed by atoms with Crippen molar-refractivity contribution in [2.75, 3.05) is 20.3 Å². The zero-order valence-corrected chi connectivity index (χ0v) is 12.4. The highest BCUT2D eigenvalue weighted by Crippen LogP contribution is 2.19. The first kappa shape index (κ1) is 15.5. The van der Waals surface area contributed by atoms with Crippen LogP contribution in [-0.4, -0.2) is 25.2 Å². The molecule has 0 saturated heterocycles. The minimum absolute atomic E-state index is 0.536. The van der Waals surface area contributed by atoms with Gasteiger partial charge in [0, 0.05) is 43.8 Å². The molecule has 1 heterocycles. The molecule has 2 aromatic rings. The van der Waals surface area contributed by atoms with Crippen LogP contribution in [0, 0.1) is 0 Å². The fraction of sp³-hybridized carbons (Fsp3) is 0.353. The van der Waals surface area contributed by atoms with Crippen LogP contribution in [0.5, 0.6) is 5.75 Å². The molecule has 0 bridgehead atoms. The summed E-state index contributed by atoms with van der Waals surface area (Å²) in [5, 5.41) is 3.40. The first-order chi connectivity index (χ1) is 10.4. The van der Waals surface area contributed by atoms with Gasteiger partial charge in [0.25, 0.3) is 0 Å². The molecule has 0 fully saturated rings. The molecule has 0 unspecified atom stereocenters. The number of hydrogen-bond donors (Lipinski definition) is 1. The molecule has 112 valence electrons. The van der Waals surface area contributed by atoms with E-state index in [2.05, 4.69) is 16.4 Å². The second-order valence-electron chi connectivity index (χ2n) is 4.78. The lowest BCUT2D eigenvalue weighted by molar-refractivity contribution is 0.194. The first-order valence-corrected chi connectivity index (χ1v) is 7.19. The smallest absolute Gasteiger partial charge is 0.124 e. The van der Waals surface area contributed by atoms with E-state index >= 15 is 0 Å². The number of ether oxygens (including phenoxy) is 2. The van der Waals surface area contributed by atoms with Gasteiger partial charge in [-0.05, 0) is 25.1 Å². The van der Waals surface area contributed by atoms with E-state index in [-0.39, 0.29) is 0 Å². The van der Waals surface area contributed by atoms with Gasteiger partial charge in [-0.25, -0.2) is 0 Å². The molecule has 1 aromatic heterocycles. The summed E-state index contributed by atoms with van der Waals surface area (Å²) in [7, 11) is 1.72. The highest BCUT2D eigenvalue weighted by molar-refractivity contribution is 5.33. The second kappa shape index (κ2) is 9.10. The fourth-order valence-electron chi connectivity index (χ4n) is 2.00. The highest BCUT2D eigenvalue weighted by atomic mass is 16.5. The molecule has 0 spiro atoms. The maximum Gasteiger partial charge on any atom is 0.124 e. The number of benzene rings is 1. The van der Waals surface area contributed by atoms with Crippen molar-refractivity contribution in [3.05, 3.63) is 59.9 Å². The Labute approximate surface area is 126 Å². The summed E-state index contributed by atoms with van der Waals surface area (Å²) in [4.78, 5) is 4.09. The normalized spacial score (nSPS) is 10.5. The van der Waals surface area contributed by atoms with Crippen LogP contribution < -0.4 is 10.1 Å². The Bertz CT molecular complexity index is 517. The summed E-state index contributed by atoms with van der Waals surface area (Å²) in [6.07, 6.45) is 4.60. The van der Waals surface area contributed by atoms with Gasteiger partial charge in [0.05, 0.1) is 0 Å². The van der Waals surface area contributed by atoms with Crippen LogP contribution >= 0.6 is 0 Å². The molecule has 1 N–H and O–H groups in total. The Morgan fingerprint density at radius 3 is 2.86 bits per heavy atom. The Morgan fingerprint density at radius 1 is 1.14 bits per heavy atom. The van der Waals surface area contributed by atoms with Gasteiger partial charge in [0.1, 0.15) is 12.4 Å². The molecule has 2 rings (SSSR count). The zero-order chi connectivity index (χ0) is 14.8. The van der Waals surface area contributed by atoms with Crippen LogP contribution in [0.1, 0.15) is 17.5 Å². The second-order valence-corrected chi connectivity index (χ2v) is 4.78. The van der Waals surface area contributed by atoms with Crippen LogP contribution in [0.25, 0.3) is 0 Å². The van der Waals surface area contributed by atoms with Crippen molar-refractivity contribution < 1.29 is 9.47 Å². The average molecular weight is 286 g/mol. The van der Waals surface area contributed by atoms with E-state index in [1.165, 1.54) is 5.56 Å². The van der Waals surface area contributed by atoms with E-state index in [0.717, 1.165) is 37.4 Å². The van der Waals surface area contributed by atoms with E-state index in [0.29, 0.717) is 6.61 Å². The van der Waals surface area contributed by atoms with E-state index in [9.17, 15) is 0 Å². The quantitative estimate of drug-likeness (QED) is 0.720. The summed E-state index contributed by atoms with van der Waals surface area (Å²) in [6, 6.07) is 12.0. The summed E-state index contributed by atoms with van der Waals surface area (Å²) < 4.78 is 10.9. The third-order valence-corrected chi connectivity index (χ3v) is 3.11. The third kappa shape index (κ3) is 5.53. The fourth-order valence-corrected chi connectivity index (χ4v) is 2.00. The molecule has 0 saturated carbocycles. The number of rotatable bonds is 9. The van der Waals surface area contributed by atoms with Crippen molar-refractivity contribution in [3.8, 4) is 5.75 Å². The summed E-state index contributed by atoms with van der Waals surface area (Å²) in [5.41, 5.74) is 2.24. The Hall–Kier alpha value is -1.91. The van der Waals surface area contributed by atoms with Gasteiger partial charge in [-0.1, -0.05) is 24.3 Å². The molecule has 0 aliphatic rings. The van der Waals surface area contributed by atoms with E-state index in [1.807, 2.05) is 36.5 Å². The van der Waals surface area contributed by atoms with Gasteiger partial charge < -0.3 is 14.8 Å². The topological polar surface area (TPSA) is 43.4 Å². The monoisotopic (exact) mass is 286 g/mol. The lowest BCUT2D eigenvalue weighted by Gasteiger charge is -2.12. The number of pyridine rings is 1. The van der Waals surface area contributed by atoms with Crippen LogP contribution in [-0.2, 0) is 17.9 Å². The van der Waals surface area contributed by atoms with Crippen LogP contribution in [0.4, 0.5) is 0 Å². The number of hydrogen-bond acceptors (Lipinski definition) is 4. The summed E-state index contributed by atoms with van der Waals surface area (Å²) in [5.74, 6) is 0.917. The van der Waals surface area contributed by atoms with Crippen LogP contribution in [0.15, 0.2) is 48.8 Å². The van der Waals surface area contributed by atoms with Gasteiger partial charge in [-0.2, -0.15) is 0 Å². The number of nitrogens with one attached hydrogen (secondary N) is 1. The predicted octanol–water partition coefficient (Wildman–Crippen LogP) is 2.79. The molecule has 0 aliphatic heterocycles. The molecule has 0 amide bonds. The van der Waals surface area contributed by atoms with E-state index < -0.39 is 0 Å². The Morgan fingerprint density at radius 2 is 2.05 bits per heavy atom. The number of aromatic nitrogens is 1. The lowest BCUT2D eigenvalue weighted by Crippen LogP contribution is -2.16. The van der Waals surface area contributed by atoms with Gasteiger partial charge in [0.15, 0.2) is 0 Å². The minimum atomic E-state index is 0.536. The van der Waals surface area contributed by atoms with Crippen molar-refractivity contribution >= 4 is 0 Å². The molecule has 0 atom stereocenters. The number of methoxy groups -OCH3 is 1. The average Bonchev–Trinajstić information content (AvgIpc) is 2.55. The highest BCUT2D eigenvalue weighted by Gasteiger charge is 2.03. The number of para-hydroxylation sites is 1. The van der Waals surface area contributed by atoms with Gasteiger partial charge in [-0.15, -0.1) is 0 Å². The Balaban J connectivity index is 1.84. The largest absolute Gasteiger partial charge is 0.489 e. The molecule has 4 nitrogen and oxygen atoms in total. The third-order valence-electron chi connectivity index (χ3n) is 3.11. The molecule has 0 radical (unpaired) electrons. The van der Waals surface area contributed by atoms with Crippen LogP contribution in [0.2, 0.25) is 0 Å². The maximum atomic E-state index is 5.90. The van der Waals surface area contributed by atoms with Crippen LogP contribution in [0.3, 0.4) is 0 Å². The number of nitrogens with zero attached hydrogens (tertiary/aromatic N) is 1. The minimum Gasteiger partial charge on any atom is -0.489 e. The predicted molar refractivity (Wildman–Crippen MR) is 83.2 cm³/mol. The van der Waals surface area contributed by atoms with Gasteiger partial charge in [-0.3, -0.25) is 4.98 Å². The molecule has 4 heteroatoms. The SMILES string of the molecule is COCCCNCc1ccccc1OCc1cccnc1. The van der Waals surface area contributed by atoms with Crippen molar-refractivity contribution in [1.29, 1.82) is 0 Å². The lowest BCUT2D eigenvalue weighted by atomic mass is 10.2. The first-order valence-electron chi connectivity index (χ1n) is 7.19. The van der Waals surface area contributed by atoms with Gasteiger partial charge in [0.2, 0.25) is 0 Å². The Kier molecular flexibility index (Phi) is 6.71. The molecule has 21 heavy (non-hydrogen) atoms. The summed E-state index contributed by atoms with van der Waals surface area (Å²) >= 11 is 0. The van der Waals surface area contributed by atoms with E-state index in [4.69, 9.17) is 9.47 Å². The maximum absolute atomic E-state index is 5.90. The standard InChI is InChI=1S/C17H22N2O2/c1-20-11-5-10-19-13-16-7-2-3-8-17(16)21-14-15-6-4-9-18-12-15/h2-4,6-9,12,19H,5,10-11,13-14H2,1H3. The molecular formula is C17H22N2O2. The molecule has 0 aliphatic carbocycles. The van der Waals surface area contributed by atoms with Crippen molar-refractivity contribution in [1.82, 2.24) is 10.3 Å². The van der Waals surface area contributed by atoms with E-state index in [1.54, 1.807) is 13.3 Å². The molecule has 1 aromatic carbocycles. The molecular weight excluding hydrogens is 264 g/mol. The van der Waals surface area contributed by atoms with Crippen molar-refractivity contribution in [2.45, 2.75) is 19.6 Å².